The SMILES string of the molecule is Cn1ncc2c(Nc3ccc(Oc4ccccc4)cc3)nc(NCCN)nc21. The molecule has 0 aliphatic rings. The van der Waals surface area contributed by atoms with Crippen molar-refractivity contribution in [1.29, 1.82) is 0 Å². The van der Waals surface area contributed by atoms with Crippen molar-refractivity contribution >= 4 is 28.5 Å². The highest BCUT2D eigenvalue weighted by Gasteiger charge is 2.12. The van der Waals surface area contributed by atoms with Gasteiger partial charge in [0.2, 0.25) is 5.95 Å². The van der Waals surface area contributed by atoms with Gasteiger partial charge < -0.3 is 21.1 Å². The van der Waals surface area contributed by atoms with E-state index in [9.17, 15) is 0 Å². The van der Waals surface area contributed by atoms with Gasteiger partial charge in [-0.05, 0) is 36.4 Å². The smallest absolute Gasteiger partial charge is 0.226 e. The van der Waals surface area contributed by atoms with Crippen LogP contribution in [-0.4, -0.2) is 32.8 Å². The Hall–Kier alpha value is -3.65. The van der Waals surface area contributed by atoms with Crippen LogP contribution in [0.15, 0.2) is 60.8 Å². The van der Waals surface area contributed by atoms with Crippen molar-refractivity contribution in [3.63, 3.8) is 0 Å². The normalized spacial score (nSPS) is 10.8. The number of fused-ring (bicyclic) bond motifs is 1. The van der Waals surface area contributed by atoms with Crippen LogP contribution >= 0.6 is 0 Å². The van der Waals surface area contributed by atoms with E-state index < -0.39 is 0 Å². The van der Waals surface area contributed by atoms with Gasteiger partial charge in [-0.15, -0.1) is 0 Å². The molecule has 4 rings (SSSR count). The molecule has 2 aromatic heterocycles. The minimum atomic E-state index is 0.498. The predicted octanol–water partition coefficient (Wildman–Crippen LogP) is 3.27. The Kier molecular flexibility index (Phi) is 5.03. The average molecular weight is 375 g/mol. The Morgan fingerprint density at radius 2 is 1.75 bits per heavy atom. The number of ether oxygens (including phenoxy) is 1. The molecule has 0 amide bonds. The van der Waals surface area contributed by atoms with E-state index in [1.807, 2.05) is 61.6 Å². The van der Waals surface area contributed by atoms with Gasteiger partial charge in [0, 0.05) is 25.8 Å². The van der Waals surface area contributed by atoms with Crippen LogP contribution in [0, 0.1) is 0 Å². The Morgan fingerprint density at radius 1 is 1.00 bits per heavy atom. The van der Waals surface area contributed by atoms with E-state index in [4.69, 9.17) is 10.5 Å². The van der Waals surface area contributed by atoms with Crippen LogP contribution in [0.2, 0.25) is 0 Å². The fraction of sp³-hybridized carbons (Fsp3) is 0.150. The maximum atomic E-state index is 5.83. The lowest BCUT2D eigenvalue weighted by molar-refractivity contribution is 0.483. The molecule has 0 saturated carbocycles. The van der Waals surface area contributed by atoms with Gasteiger partial charge in [-0.2, -0.15) is 15.1 Å². The van der Waals surface area contributed by atoms with Gasteiger partial charge in [0.25, 0.3) is 0 Å². The summed E-state index contributed by atoms with van der Waals surface area (Å²) in [5, 5.41) is 11.6. The summed E-state index contributed by atoms with van der Waals surface area (Å²) in [4.78, 5) is 9.06. The maximum absolute atomic E-state index is 5.83. The van der Waals surface area contributed by atoms with E-state index in [0.717, 1.165) is 28.2 Å². The summed E-state index contributed by atoms with van der Waals surface area (Å²) < 4.78 is 7.55. The molecule has 0 atom stereocenters. The molecule has 0 fully saturated rings. The Morgan fingerprint density at radius 3 is 2.50 bits per heavy atom. The summed E-state index contributed by atoms with van der Waals surface area (Å²) in [5.41, 5.74) is 7.19. The van der Waals surface area contributed by atoms with Gasteiger partial charge in [0.1, 0.15) is 17.3 Å². The number of nitrogens with one attached hydrogen (secondary N) is 2. The zero-order chi connectivity index (χ0) is 19.3. The first-order valence-electron chi connectivity index (χ1n) is 8.96. The van der Waals surface area contributed by atoms with Gasteiger partial charge >= 0.3 is 0 Å². The van der Waals surface area contributed by atoms with E-state index in [0.29, 0.717) is 24.9 Å². The van der Waals surface area contributed by atoms with Crippen molar-refractivity contribution in [3.8, 4) is 11.5 Å². The van der Waals surface area contributed by atoms with Gasteiger partial charge in [-0.3, -0.25) is 4.68 Å². The molecule has 0 aliphatic heterocycles. The number of benzene rings is 2. The van der Waals surface area contributed by atoms with Crippen molar-refractivity contribution in [2.75, 3.05) is 23.7 Å². The van der Waals surface area contributed by atoms with Crippen molar-refractivity contribution < 1.29 is 4.74 Å². The fourth-order valence-electron chi connectivity index (χ4n) is 2.75. The number of rotatable bonds is 7. The summed E-state index contributed by atoms with van der Waals surface area (Å²) >= 11 is 0. The number of hydrogen-bond acceptors (Lipinski definition) is 7. The number of nitrogens with zero attached hydrogens (tertiary/aromatic N) is 4. The molecule has 4 N–H and O–H groups in total. The van der Waals surface area contributed by atoms with Crippen LogP contribution < -0.4 is 21.1 Å². The van der Waals surface area contributed by atoms with Gasteiger partial charge in [0.15, 0.2) is 5.65 Å². The number of aryl methyl sites for hydroxylation is 1. The van der Waals surface area contributed by atoms with Crippen LogP contribution in [0.3, 0.4) is 0 Å². The maximum Gasteiger partial charge on any atom is 0.226 e. The minimum Gasteiger partial charge on any atom is -0.457 e. The second-order valence-electron chi connectivity index (χ2n) is 6.18. The van der Waals surface area contributed by atoms with Gasteiger partial charge in [-0.25, -0.2) is 0 Å². The molecular weight excluding hydrogens is 354 g/mol. The van der Waals surface area contributed by atoms with Crippen LogP contribution in [0.4, 0.5) is 17.5 Å². The number of anilines is 3. The molecule has 0 bridgehead atoms. The Balaban J connectivity index is 1.57. The molecule has 0 saturated heterocycles. The standard InChI is InChI=1S/C20H21N7O/c1-27-19-17(13-23-27)18(25-20(26-19)22-12-11-21)24-14-7-9-16(10-8-14)28-15-5-3-2-4-6-15/h2-10,13H,11-12,21H2,1H3,(H2,22,24,25,26). The van der Waals surface area contributed by atoms with Crippen LogP contribution in [-0.2, 0) is 7.05 Å². The number of nitrogens with two attached hydrogens (primary N) is 1. The highest BCUT2D eigenvalue weighted by molar-refractivity contribution is 5.89. The van der Waals surface area contributed by atoms with Crippen molar-refractivity contribution in [2.45, 2.75) is 0 Å². The van der Waals surface area contributed by atoms with Crippen LogP contribution in [0.25, 0.3) is 11.0 Å². The molecular formula is C20H21N7O. The first-order chi connectivity index (χ1) is 13.7. The van der Waals surface area contributed by atoms with Gasteiger partial charge in [0.05, 0.1) is 11.6 Å². The molecule has 2 aromatic carbocycles. The summed E-state index contributed by atoms with van der Waals surface area (Å²) in [5.74, 6) is 2.74. The minimum absolute atomic E-state index is 0.498. The summed E-state index contributed by atoms with van der Waals surface area (Å²) in [7, 11) is 1.85. The summed E-state index contributed by atoms with van der Waals surface area (Å²) in [6.45, 7) is 1.09. The second-order valence-corrected chi connectivity index (χ2v) is 6.18. The third-order valence-corrected chi connectivity index (χ3v) is 4.12. The first kappa shape index (κ1) is 17.7. The van der Waals surface area contributed by atoms with E-state index in [1.165, 1.54) is 0 Å². The Labute approximate surface area is 162 Å². The predicted molar refractivity (Wildman–Crippen MR) is 110 cm³/mol. The van der Waals surface area contributed by atoms with Gasteiger partial charge in [-0.1, -0.05) is 18.2 Å². The van der Waals surface area contributed by atoms with E-state index in [-0.39, 0.29) is 0 Å². The lowest BCUT2D eigenvalue weighted by Crippen LogP contribution is -2.15. The highest BCUT2D eigenvalue weighted by Crippen LogP contribution is 2.27. The monoisotopic (exact) mass is 375 g/mol. The lowest BCUT2D eigenvalue weighted by atomic mass is 10.3. The fourth-order valence-corrected chi connectivity index (χ4v) is 2.75. The largest absolute Gasteiger partial charge is 0.457 e. The zero-order valence-electron chi connectivity index (χ0n) is 15.5. The van der Waals surface area contributed by atoms with E-state index >= 15 is 0 Å². The van der Waals surface area contributed by atoms with Crippen molar-refractivity contribution in [1.82, 2.24) is 19.7 Å². The average Bonchev–Trinajstić information content (AvgIpc) is 3.10. The third-order valence-electron chi connectivity index (χ3n) is 4.12. The van der Waals surface area contributed by atoms with Crippen LogP contribution in [0.5, 0.6) is 11.5 Å². The van der Waals surface area contributed by atoms with Crippen molar-refractivity contribution in [3.05, 3.63) is 60.8 Å². The molecule has 8 heteroatoms. The highest BCUT2D eigenvalue weighted by atomic mass is 16.5. The first-order valence-corrected chi connectivity index (χ1v) is 8.96. The molecule has 2 heterocycles. The number of aromatic nitrogens is 4. The van der Waals surface area contributed by atoms with E-state index in [2.05, 4.69) is 25.7 Å². The molecule has 0 unspecified atom stereocenters. The topological polar surface area (TPSA) is 103 Å². The Bertz CT molecular complexity index is 1060. The third kappa shape index (κ3) is 3.86. The molecule has 0 radical (unpaired) electrons. The molecule has 4 aromatic rings. The quantitative estimate of drug-likeness (QED) is 0.455. The second kappa shape index (κ2) is 7.93. The van der Waals surface area contributed by atoms with E-state index in [1.54, 1.807) is 10.9 Å². The number of hydrogen-bond donors (Lipinski definition) is 3. The molecule has 0 spiro atoms. The summed E-state index contributed by atoms with van der Waals surface area (Å²) in [6.07, 6.45) is 1.75. The zero-order valence-corrected chi connectivity index (χ0v) is 15.5. The molecule has 28 heavy (non-hydrogen) atoms. The molecule has 0 aliphatic carbocycles. The lowest BCUT2D eigenvalue weighted by Gasteiger charge is -2.11. The van der Waals surface area contributed by atoms with Crippen LogP contribution in [0.1, 0.15) is 0 Å². The molecule has 8 nitrogen and oxygen atoms in total. The van der Waals surface area contributed by atoms with Crippen molar-refractivity contribution in [2.24, 2.45) is 12.8 Å². The number of para-hydroxylation sites is 1. The summed E-state index contributed by atoms with van der Waals surface area (Å²) in [6, 6.07) is 17.4. The molecule has 142 valence electrons.